The normalized spacial score (nSPS) is 24.9. The Bertz CT molecular complexity index is 706. The van der Waals surface area contributed by atoms with Crippen LogP contribution in [0.5, 0.6) is 0 Å². The zero-order chi connectivity index (χ0) is 26.2. The van der Waals surface area contributed by atoms with Gasteiger partial charge in [-0.15, -0.1) is 0 Å². The van der Waals surface area contributed by atoms with E-state index < -0.39 is 0 Å². The second kappa shape index (κ2) is 17.9. The molecule has 1 aromatic carbocycles. The Labute approximate surface area is 222 Å². The molecule has 2 saturated carbocycles. The highest BCUT2D eigenvalue weighted by Gasteiger charge is 2.31. The fourth-order valence-corrected chi connectivity index (χ4v) is 6.62. The number of benzene rings is 1. The molecule has 0 aliphatic heterocycles. The van der Waals surface area contributed by atoms with Gasteiger partial charge in [-0.05, 0) is 130 Å². The summed E-state index contributed by atoms with van der Waals surface area (Å²) in [6, 6.07) is 9.66. The van der Waals surface area contributed by atoms with Gasteiger partial charge in [-0.25, -0.2) is 0 Å². The van der Waals surface area contributed by atoms with Crippen LogP contribution < -0.4 is 5.73 Å². The van der Waals surface area contributed by atoms with Crippen molar-refractivity contribution in [3.05, 3.63) is 47.5 Å². The fourth-order valence-electron chi connectivity index (χ4n) is 6.62. The maximum absolute atomic E-state index is 9.41. The lowest BCUT2D eigenvalue weighted by atomic mass is 9.67. The molecule has 0 heterocycles. The van der Waals surface area contributed by atoms with Crippen molar-refractivity contribution in [2.75, 3.05) is 13.2 Å². The predicted octanol–water partition coefficient (Wildman–Crippen LogP) is 8.00. The highest BCUT2D eigenvalue weighted by molar-refractivity contribution is 5.70. The largest absolute Gasteiger partial charge is 0.396 e. The number of rotatable bonds is 13. The van der Waals surface area contributed by atoms with E-state index in [1.807, 2.05) is 0 Å². The first-order valence-electron chi connectivity index (χ1n) is 15.0. The van der Waals surface area contributed by atoms with Gasteiger partial charge in [0.15, 0.2) is 0 Å². The number of aldehydes is 1. The zero-order valence-corrected chi connectivity index (χ0v) is 23.4. The van der Waals surface area contributed by atoms with Crippen LogP contribution in [0, 0.1) is 23.7 Å². The molecule has 0 radical (unpaired) electrons. The number of allylic oxidation sites excluding steroid dienone is 1. The van der Waals surface area contributed by atoms with Crippen LogP contribution in [0.3, 0.4) is 0 Å². The van der Waals surface area contributed by atoms with Gasteiger partial charge in [-0.3, -0.25) is 4.79 Å². The smallest absolute Gasteiger partial charge is 0.145 e. The molecule has 3 rings (SSSR count). The van der Waals surface area contributed by atoms with Crippen molar-refractivity contribution in [2.24, 2.45) is 29.4 Å². The van der Waals surface area contributed by atoms with E-state index in [1.165, 1.54) is 89.0 Å². The van der Waals surface area contributed by atoms with Crippen molar-refractivity contribution in [2.45, 2.75) is 116 Å². The Morgan fingerprint density at radius 3 is 2.08 bits per heavy atom. The molecule has 3 N–H and O–H groups in total. The number of carbonyl (C=O) groups excluding carboxylic acids is 1. The van der Waals surface area contributed by atoms with Gasteiger partial charge < -0.3 is 10.8 Å². The van der Waals surface area contributed by atoms with E-state index in [9.17, 15) is 9.90 Å². The van der Waals surface area contributed by atoms with Gasteiger partial charge in [-0.1, -0.05) is 63.5 Å². The molecule has 1 aromatic rings. The van der Waals surface area contributed by atoms with Crippen LogP contribution in [-0.2, 0) is 11.2 Å². The number of aliphatic hydroxyl groups excluding tert-OH is 1. The molecule has 2 aliphatic carbocycles. The van der Waals surface area contributed by atoms with E-state index >= 15 is 0 Å². The maximum Gasteiger partial charge on any atom is 0.145 e. The van der Waals surface area contributed by atoms with Crippen LogP contribution in [0.2, 0.25) is 0 Å². The molecule has 204 valence electrons. The summed E-state index contributed by atoms with van der Waals surface area (Å²) in [7, 11) is 0. The summed E-state index contributed by atoms with van der Waals surface area (Å²) >= 11 is 0. The number of aliphatic hydroxyl groups is 1. The Hall–Kier alpha value is -1.45. The average Bonchev–Trinajstić information content (AvgIpc) is 2.90. The Morgan fingerprint density at radius 1 is 1.00 bits per heavy atom. The number of unbranched alkanes of at least 4 members (excludes halogenated alkanes) is 2. The van der Waals surface area contributed by atoms with Gasteiger partial charge in [0.2, 0.25) is 0 Å². The summed E-state index contributed by atoms with van der Waals surface area (Å²) < 4.78 is 0. The summed E-state index contributed by atoms with van der Waals surface area (Å²) in [5.41, 5.74) is 9.48. The average molecular weight is 498 g/mol. The van der Waals surface area contributed by atoms with Gasteiger partial charge in [0, 0.05) is 6.61 Å². The Kier molecular flexibility index (Phi) is 15.3. The van der Waals surface area contributed by atoms with E-state index in [0.717, 1.165) is 49.3 Å². The summed E-state index contributed by atoms with van der Waals surface area (Å²) in [6.45, 7) is 8.34. The van der Waals surface area contributed by atoms with Crippen molar-refractivity contribution in [3.8, 4) is 0 Å². The Morgan fingerprint density at radius 2 is 1.58 bits per heavy atom. The van der Waals surface area contributed by atoms with Gasteiger partial charge in [0.25, 0.3) is 0 Å². The van der Waals surface area contributed by atoms with Crippen LogP contribution in [0.4, 0.5) is 0 Å². The number of hydrogen-bond donors (Lipinski definition) is 2. The minimum absolute atomic E-state index is 0.324. The maximum atomic E-state index is 9.41. The minimum Gasteiger partial charge on any atom is -0.396 e. The van der Waals surface area contributed by atoms with Crippen molar-refractivity contribution >= 4 is 6.29 Å². The highest BCUT2D eigenvalue weighted by atomic mass is 16.3. The van der Waals surface area contributed by atoms with E-state index in [-0.39, 0.29) is 0 Å². The highest BCUT2D eigenvalue weighted by Crippen LogP contribution is 2.45. The lowest BCUT2D eigenvalue weighted by Gasteiger charge is -2.38. The second-order valence-corrected chi connectivity index (χ2v) is 11.7. The summed E-state index contributed by atoms with van der Waals surface area (Å²) in [4.78, 5) is 9.41. The zero-order valence-electron chi connectivity index (χ0n) is 23.4. The molecule has 1 atom stereocenters. The Balaban J connectivity index is 0.000000830. The van der Waals surface area contributed by atoms with Crippen molar-refractivity contribution < 1.29 is 9.90 Å². The SMILES string of the molecule is C=C(C)C=O.CCCCCc1ccc(C2CCC(C3CCC(CC(CCN)CCO)CC3)CC2)cc1. The molecule has 1 unspecified atom stereocenters. The third kappa shape index (κ3) is 11.3. The summed E-state index contributed by atoms with van der Waals surface area (Å²) in [5.74, 6) is 4.27. The second-order valence-electron chi connectivity index (χ2n) is 11.7. The monoisotopic (exact) mass is 497 g/mol. The molecular formula is C33H55NO2. The van der Waals surface area contributed by atoms with Crippen molar-refractivity contribution in [3.63, 3.8) is 0 Å². The molecular weight excluding hydrogens is 442 g/mol. The first kappa shape index (κ1) is 30.8. The van der Waals surface area contributed by atoms with Gasteiger partial charge in [0.05, 0.1) is 0 Å². The van der Waals surface area contributed by atoms with E-state index in [0.29, 0.717) is 18.1 Å². The molecule has 2 aliphatic rings. The minimum atomic E-state index is 0.324. The van der Waals surface area contributed by atoms with Crippen LogP contribution in [0.1, 0.15) is 121 Å². The number of nitrogens with two attached hydrogens (primary N) is 1. The first-order valence-corrected chi connectivity index (χ1v) is 15.0. The van der Waals surface area contributed by atoms with Crippen LogP contribution in [0.15, 0.2) is 36.4 Å². The molecule has 0 bridgehead atoms. The summed E-state index contributed by atoms with van der Waals surface area (Å²) in [5, 5.41) is 9.33. The molecule has 0 spiro atoms. The number of hydrogen-bond acceptors (Lipinski definition) is 3. The molecule has 36 heavy (non-hydrogen) atoms. The lowest BCUT2D eigenvalue weighted by Crippen LogP contribution is -2.26. The van der Waals surface area contributed by atoms with Gasteiger partial charge in [-0.2, -0.15) is 0 Å². The van der Waals surface area contributed by atoms with Crippen molar-refractivity contribution in [1.29, 1.82) is 0 Å². The van der Waals surface area contributed by atoms with E-state index in [1.54, 1.807) is 12.5 Å². The standard InChI is InChI=1S/C29H49NO.C4H6O/c1-2-3-4-5-23-6-10-26(11-7-23)28-14-16-29(17-15-28)27-12-8-24(9-13-27)22-25(18-20-30)19-21-31;1-4(2)3-5/h6-7,10-11,24-25,27-29,31H,2-5,8-9,12-22,30H2,1H3;3H,1H2,2H3. The van der Waals surface area contributed by atoms with E-state index in [2.05, 4.69) is 37.8 Å². The molecule has 0 amide bonds. The fraction of sp³-hybridized carbons (Fsp3) is 0.727. The van der Waals surface area contributed by atoms with Crippen LogP contribution in [0.25, 0.3) is 0 Å². The predicted molar refractivity (Wildman–Crippen MR) is 154 cm³/mol. The third-order valence-electron chi connectivity index (χ3n) is 8.83. The van der Waals surface area contributed by atoms with Crippen LogP contribution in [-0.4, -0.2) is 24.5 Å². The van der Waals surface area contributed by atoms with Gasteiger partial charge >= 0.3 is 0 Å². The van der Waals surface area contributed by atoms with E-state index in [4.69, 9.17) is 5.73 Å². The third-order valence-corrected chi connectivity index (χ3v) is 8.83. The van der Waals surface area contributed by atoms with Gasteiger partial charge in [0.1, 0.15) is 6.29 Å². The molecule has 2 fully saturated rings. The molecule has 0 aromatic heterocycles. The topological polar surface area (TPSA) is 63.3 Å². The lowest BCUT2D eigenvalue weighted by molar-refractivity contribution is -0.104. The summed E-state index contributed by atoms with van der Waals surface area (Å²) in [6.07, 6.45) is 20.7. The molecule has 0 saturated heterocycles. The first-order chi connectivity index (χ1) is 17.5. The number of carbonyl (C=O) groups is 1. The quantitative estimate of drug-likeness (QED) is 0.165. The molecule has 3 nitrogen and oxygen atoms in total. The number of aryl methyl sites for hydroxylation is 1. The molecule has 3 heteroatoms. The van der Waals surface area contributed by atoms with Crippen molar-refractivity contribution in [1.82, 2.24) is 0 Å². The van der Waals surface area contributed by atoms with Crippen LogP contribution >= 0.6 is 0 Å².